The molecule has 3 N–H and O–H groups in total. The number of aliphatic carboxylic acids is 1. The van der Waals surface area contributed by atoms with Crippen LogP contribution in [0.4, 0.5) is 0 Å². The number of rotatable bonds is 20. The fraction of sp³-hybridized carbons (Fsp3) is 0.864. The minimum Gasteiger partial charge on any atom is -0.481 e. The van der Waals surface area contributed by atoms with Crippen molar-refractivity contribution in [3.8, 4) is 0 Å². The van der Waals surface area contributed by atoms with E-state index in [1.165, 1.54) is 51.4 Å². The third-order valence-electron chi connectivity index (χ3n) is 4.79. The van der Waals surface area contributed by atoms with Crippen LogP contribution in [0, 0.1) is 0 Å². The van der Waals surface area contributed by atoms with Crippen molar-refractivity contribution in [2.24, 2.45) is 0 Å². The molecule has 0 spiro atoms. The van der Waals surface area contributed by atoms with Gasteiger partial charge in [-0.15, -0.1) is 0 Å². The minimum atomic E-state index is -0.882. The zero-order valence-corrected chi connectivity index (χ0v) is 17.9. The van der Waals surface area contributed by atoms with Gasteiger partial charge in [-0.1, -0.05) is 71.1 Å². The fourth-order valence-electron chi connectivity index (χ4n) is 3.09. The van der Waals surface area contributed by atoms with E-state index in [0.29, 0.717) is 12.8 Å². The second-order valence-corrected chi connectivity index (χ2v) is 7.59. The van der Waals surface area contributed by atoms with Crippen molar-refractivity contribution < 1.29 is 19.5 Å². The van der Waals surface area contributed by atoms with Gasteiger partial charge in [0.25, 0.3) is 0 Å². The summed E-state index contributed by atoms with van der Waals surface area (Å²) in [6.45, 7) is 3.08. The summed E-state index contributed by atoms with van der Waals surface area (Å²) in [6.07, 6.45) is 16.3. The monoisotopic (exact) mass is 398 g/mol. The van der Waals surface area contributed by atoms with Crippen molar-refractivity contribution in [1.82, 2.24) is 10.6 Å². The van der Waals surface area contributed by atoms with Crippen LogP contribution in [0.25, 0.3) is 0 Å². The van der Waals surface area contributed by atoms with Gasteiger partial charge in [-0.2, -0.15) is 0 Å². The molecule has 0 aliphatic rings. The van der Waals surface area contributed by atoms with E-state index < -0.39 is 5.97 Å². The molecule has 6 nitrogen and oxygen atoms in total. The maximum Gasteiger partial charge on any atom is 0.305 e. The lowest BCUT2D eigenvalue weighted by Gasteiger charge is -2.05. The Hall–Kier alpha value is -1.59. The first kappa shape index (κ1) is 26.4. The van der Waals surface area contributed by atoms with E-state index >= 15 is 0 Å². The van der Waals surface area contributed by atoms with E-state index in [4.69, 9.17) is 5.11 Å². The van der Waals surface area contributed by atoms with Crippen LogP contribution in [0.5, 0.6) is 0 Å². The second kappa shape index (κ2) is 20.2. The zero-order chi connectivity index (χ0) is 20.9. The van der Waals surface area contributed by atoms with Gasteiger partial charge in [-0.3, -0.25) is 14.4 Å². The molecular formula is C22H42N2O4. The summed E-state index contributed by atoms with van der Waals surface area (Å²) in [5.74, 6) is -0.726. The first-order chi connectivity index (χ1) is 13.6. The standard InChI is InChI=1S/C22H42N2O4/c1-2-18-23-20(25)15-13-11-9-7-5-3-4-6-8-10-12-14-16-21(26)24-19-17-22(27)28/h2-19H2,1H3,(H,23,25)(H,24,26)(H,27,28). The number of carboxylic acids is 1. The molecule has 2 amide bonds. The first-order valence-corrected chi connectivity index (χ1v) is 11.3. The molecule has 6 heteroatoms. The SMILES string of the molecule is CCCNC(=O)CCCCCCCCCCCCCCC(=O)NCCC(=O)O. The maximum atomic E-state index is 11.5. The van der Waals surface area contributed by atoms with Gasteiger partial charge >= 0.3 is 5.97 Å². The normalized spacial score (nSPS) is 10.6. The van der Waals surface area contributed by atoms with Crippen LogP contribution in [-0.4, -0.2) is 36.0 Å². The smallest absolute Gasteiger partial charge is 0.305 e. The first-order valence-electron chi connectivity index (χ1n) is 11.3. The zero-order valence-electron chi connectivity index (χ0n) is 17.9. The third-order valence-corrected chi connectivity index (χ3v) is 4.79. The Morgan fingerprint density at radius 1 is 0.571 bits per heavy atom. The van der Waals surface area contributed by atoms with E-state index in [9.17, 15) is 14.4 Å². The lowest BCUT2D eigenvalue weighted by Crippen LogP contribution is -2.25. The highest BCUT2D eigenvalue weighted by Crippen LogP contribution is 2.13. The molecule has 0 unspecified atom stereocenters. The van der Waals surface area contributed by atoms with Crippen molar-refractivity contribution >= 4 is 17.8 Å². The van der Waals surface area contributed by atoms with Crippen LogP contribution in [0.3, 0.4) is 0 Å². The van der Waals surface area contributed by atoms with Gasteiger partial charge in [-0.05, 0) is 19.3 Å². The Morgan fingerprint density at radius 2 is 0.929 bits per heavy atom. The quantitative estimate of drug-likeness (QED) is 0.262. The number of carbonyl (C=O) groups excluding carboxylic acids is 2. The molecule has 0 rings (SSSR count). The Morgan fingerprint density at radius 3 is 1.29 bits per heavy atom. The predicted molar refractivity (Wildman–Crippen MR) is 113 cm³/mol. The van der Waals surface area contributed by atoms with Crippen molar-refractivity contribution in [1.29, 1.82) is 0 Å². The number of carbonyl (C=O) groups is 3. The fourth-order valence-corrected chi connectivity index (χ4v) is 3.09. The number of hydrogen-bond donors (Lipinski definition) is 3. The summed E-state index contributed by atoms with van der Waals surface area (Å²) in [7, 11) is 0. The molecule has 0 saturated carbocycles. The van der Waals surface area contributed by atoms with Gasteiger partial charge in [0.2, 0.25) is 11.8 Å². The summed E-state index contributed by atoms with van der Waals surface area (Å²) in [4.78, 5) is 33.3. The molecule has 0 saturated heterocycles. The summed E-state index contributed by atoms with van der Waals surface area (Å²) in [5, 5.41) is 14.0. The van der Waals surface area contributed by atoms with Gasteiger partial charge in [0.15, 0.2) is 0 Å². The lowest BCUT2D eigenvalue weighted by atomic mass is 10.0. The number of carboxylic acid groups (broad SMARTS) is 1. The topological polar surface area (TPSA) is 95.5 Å². The van der Waals surface area contributed by atoms with Crippen LogP contribution in [0.15, 0.2) is 0 Å². The number of hydrogen-bond acceptors (Lipinski definition) is 3. The summed E-state index contributed by atoms with van der Waals surface area (Å²) >= 11 is 0. The molecule has 0 bridgehead atoms. The van der Waals surface area contributed by atoms with Crippen LogP contribution in [0.1, 0.15) is 110 Å². The van der Waals surface area contributed by atoms with Crippen molar-refractivity contribution in [3.05, 3.63) is 0 Å². The highest BCUT2D eigenvalue weighted by Gasteiger charge is 2.02. The molecule has 0 atom stereocenters. The molecule has 0 aliphatic heterocycles. The van der Waals surface area contributed by atoms with Gasteiger partial charge in [0, 0.05) is 25.9 Å². The Balaban J connectivity index is 3.18. The Kier molecular flexibility index (Phi) is 19.0. The number of amides is 2. The van der Waals surface area contributed by atoms with Crippen LogP contribution in [0.2, 0.25) is 0 Å². The summed E-state index contributed by atoms with van der Waals surface area (Å²) < 4.78 is 0. The lowest BCUT2D eigenvalue weighted by molar-refractivity contribution is -0.137. The second-order valence-electron chi connectivity index (χ2n) is 7.59. The van der Waals surface area contributed by atoms with Crippen LogP contribution >= 0.6 is 0 Å². The summed E-state index contributed by atoms with van der Waals surface area (Å²) in [5.41, 5.74) is 0. The van der Waals surface area contributed by atoms with Gasteiger partial charge in [0.1, 0.15) is 0 Å². The largest absolute Gasteiger partial charge is 0.481 e. The molecule has 0 aromatic heterocycles. The Labute approximate surface area is 171 Å². The van der Waals surface area contributed by atoms with Gasteiger partial charge in [-0.25, -0.2) is 0 Å². The minimum absolute atomic E-state index is 0.0120. The van der Waals surface area contributed by atoms with Crippen molar-refractivity contribution in [3.63, 3.8) is 0 Å². The van der Waals surface area contributed by atoms with Crippen molar-refractivity contribution in [2.75, 3.05) is 13.1 Å². The van der Waals surface area contributed by atoms with Crippen molar-refractivity contribution in [2.45, 2.75) is 110 Å². The average Bonchev–Trinajstić information content (AvgIpc) is 2.66. The average molecular weight is 399 g/mol. The molecule has 0 aliphatic carbocycles. The number of unbranched alkanes of at least 4 members (excludes halogenated alkanes) is 11. The molecule has 0 heterocycles. The van der Waals surface area contributed by atoms with E-state index in [1.54, 1.807) is 0 Å². The van der Waals surface area contributed by atoms with Crippen LogP contribution in [-0.2, 0) is 14.4 Å². The third kappa shape index (κ3) is 20.7. The van der Waals surface area contributed by atoms with E-state index in [1.807, 2.05) is 0 Å². The molecular weight excluding hydrogens is 356 g/mol. The Bertz CT molecular complexity index is 413. The van der Waals surface area contributed by atoms with E-state index in [0.717, 1.165) is 38.6 Å². The van der Waals surface area contributed by atoms with E-state index in [-0.39, 0.29) is 24.8 Å². The highest BCUT2D eigenvalue weighted by atomic mass is 16.4. The molecule has 0 radical (unpaired) electrons. The predicted octanol–water partition coefficient (Wildman–Crippen LogP) is 4.56. The molecule has 0 fully saturated rings. The molecule has 0 aromatic rings. The molecule has 164 valence electrons. The van der Waals surface area contributed by atoms with Crippen LogP contribution < -0.4 is 10.6 Å². The maximum absolute atomic E-state index is 11.5. The highest BCUT2D eigenvalue weighted by molar-refractivity contribution is 5.76. The van der Waals surface area contributed by atoms with E-state index in [2.05, 4.69) is 17.6 Å². The van der Waals surface area contributed by atoms with Gasteiger partial charge in [0.05, 0.1) is 6.42 Å². The summed E-state index contributed by atoms with van der Waals surface area (Å²) in [6, 6.07) is 0. The number of nitrogens with one attached hydrogen (secondary N) is 2. The van der Waals surface area contributed by atoms with Gasteiger partial charge < -0.3 is 15.7 Å². The molecule has 28 heavy (non-hydrogen) atoms. The molecule has 0 aromatic carbocycles.